The zero-order valence-corrected chi connectivity index (χ0v) is 16.6. The number of halogens is 6. The first-order valence-electron chi connectivity index (χ1n) is 0.926. The van der Waals surface area contributed by atoms with Crippen molar-refractivity contribution in [1.82, 2.24) is 0 Å². The third-order valence-corrected chi connectivity index (χ3v) is 0. The molecule has 0 radical (unpaired) electrons. The maximum absolute atomic E-state index is 3.27. The first-order chi connectivity index (χ1) is 3.46. The van der Waals surface area contributed by atoms with Gasteiger partial charge in [0.2, 0.25) is 0 Å². The molecule has 0 spiro atoms. The molecule has 0 heterocycles. The summed E-state index contributed by atoms with van der Waals surface area (Å²) in [4.78, 5) is 0. The fourth-order valence-corrected chi connectivity index (χ4v) is 0. The van der Waals surface area contributed by atoms with Gasteiger partial charge in [-0.05, 0) is 0 Å². The Balaban J connectivity index is 0. The standard InChI is InChI=1S/6BrH.2Mo/h6*1H;;/q;;;;;;2*+3/p-6. The maximum atomic E-state index is 3.27. The van der Waals surface area contributed by atoms with E-state index in [9.17, 15) is 0 Å². The summed E-state index contributed by atoms with van der Waals surface area (Å²) in [5.74, 6) is 0. The first-order valence-corrected chi connectivity index (χ1v) is 28.5. The van der Waals surface area contributed by atoms with Crippen LogP contribution in [0.5, 0.6) is 0 Å². The molecule has 8 heteroatoms. The quantitative estimate of drug-likeness (QED) is 0.316. The molecule has 0 amide bonds. The van der Waals surface area contributed by atoms with Gasteiger partial charge in [-0.25, -0.2) is 0 Å². The summed E-state index contributed by atoms with van der Waals surface area (Å²) in [7, 11) is 0. The van der Waals surface area contributed by atoms with E-state index in [1.807, 2.05) is 0 Å². The molecule has 0 unspecified atom stereocenters. The molecule has 0 aromatic heterocycles. The number of rotatable bonds is 0. The van der Waals surface area contributed by atoms with Crippen molar-refractivity contribution in [3.05, 3.63) is 0 Å². The number of hydrogen-bond acceptors (Lipinski definition) is 0. The molecule has 54 valence electrons. The van der Waals surface area contributed by atoms with Gasteiger partial charge in [0.25, 0.3) is 0 Å². The van der Waals surface area contributed by atoms with Gasteiger partial charge in [-0.15, -0.1) is 0 Å². The third kappa shape index (κ3) is 48.5. The van der Waals surface area contributed by atoms with E-state index in [0.717, 1.165) is 0 Å². The Morgan fingerprint density at radius 3 is 0.500 bits per heavy atom. The van der Waals surface area contributed by atoms with Gasteiger partial charge in [0, 0.05) is 0 Å². The van der Waals surface area contributed by atoms with Crippen LogP contribution in [-0.4, -0.2) is 0 Å². The van der Waals surface area contributed by atoms with Gasteiger partial charge in [0.15, 0.2) is 0 Å². The van der Waals surface area contributed by atoms with Gasteiger partial charge in [0.1, 0.15) is 0 Å². The second kappa shape index (κ2) is 11.3. The van der Waals surface area contributed by atoms with Crippen molar-refractivity contribution >= 4 is 79.8 Å². The summed E-state index contributed by atoms with van der Waals surface area (Å²) < 4.78 is 0. The molecule has 0 aromatic carbocycles. The molecule has 0 bridgehead atoms. The zero-order chi connectivity index (χ0) is 7.15. The molecule has 0 fully saturated rings. The number of hydrogen-bond donors (Lipinski definition) is 0. The van der Waals surface area contributed by atoms with E-state index in [1.54, 1.807) is 0 Å². The molecule has 0 rings (SSSR count). The third-order valence-electron chi connectivity index (χ3n) is 0. The Morgan fingerprint density at radius 1 is 0.500 bits per heavy atom. The van der Waals surface area contributed by atoms with Crippen molar-refractivity contribution < 1.29 is 22.3 Å². The van der Waals surface area contributed by atoms with Crippen molar-refractivity contribution in [3.8, 4) is 0 Å². The van der Waals surface area contributed by atoms with Crippen LogP contribution in [0.15, 0.2) is 0 Å². The topological polar surface area (TPSA) is 0 Å². The van der Waals surface area contributed by atoms with Gasteiger partial charge in [0.05, 0.1) is 0 Å². The van der Waals surface area contributed by atoms with Crippen LogP contribution in [-0.2, 0) is 22.3 Å². The fraction of sp³-hybridized carbons (Fsp3) is 0. The van der Waals surface area contributed by atoms with Crippen LogP contribution >= 0.6 is 79.8 Å². The van der Waals surface area contributed by atoms with Crippen molar-refractivity contribution in [2.75, 3.05) is 0 Å². The van der Waals surface area contributed by atoms with Crippen LogP contribution in [0.4, 0.5) is 0 Å². The Kier molecular flexibility index (Phi) is 20.8. The monoisotopic (exact) mass is 669 g/mol. The molecular formula is Br6Mo2. The molecule has 0 saturated heterocycles. The summed E-state index contributed by atoms with van der Waals surface area (Å²) in [6, 6.07) is 0. The van der Waals surface area contributed by atoms with Gasteiger partial charge in [-0.1, -0.05) is 0 Å². The first kappa shape index (κ1) is 14.8. The molecule has 8 heavy (non-hydrogen) atoms. The van der Waals surface area contributed by atoms with E-state index in [1.165, 1.54) is 0 Å². The minimum atomic E-state index is -0.919. The van der Waals surface area contributed by atoms with Gasteiger partial charge >= 0.3 is 102 Å². The van der Waals surface area contributed by atoms with Crippen LogP contribution in [0.1, 0.15) is 0 Å². The van der Waals surface area contributed by atoms with E-state index in [0.29, 0.717) is 0 Å². The van der Waals surface area contributed by atoms with Crippen LogP contribution in [0.25, 0.3) is 0 Å². The fourth-order valence-electron chi connectivity index (χ4n) is 0. The van der Waals surface area contributed by atoms with Crippen LogP contribution in [0.3, 0.4) is 0 Å². The summed E-state index contributed by atoms with van der Waals surface area (Å²) in [5, 5.41) is 0. The van der Waals surface area contributed by atoms with Crippen molar-refractivity contribution in [3.63, 3.8) is 0 Å². The van der Waals surface area contributed by atoms with Gasteiger partial charge < -0.3 is 0 Å². The predicted molar refractivity (Wildman–Crippen MR) is 53.6 cm³/mol. The van der Waals surface area contributed by atoms with Crippen LogP contribution in [0.2, 0.25) is 0 Å². The SMILES string of the molecule is [Br][Mo]([Br])[Br].[Br][Mo]([Br])[Br]. The molecule has 0 nitrogen and oxygen atoms in total. The summed E-state index contributed by atoms with van der Waals surface area (Å²) in [6.45, 7) is 0. The zero-order valence-electron chi connectivity index (χ0n) is 3.08. The summed E-state index contributed by atoms with van der Waals surface area (Å²) >= 11 is 17.8. The molecule has 0 atom stereocenters. The molecule has 0 aliphatic rings. The minimum absolute atomic E-state index is 0.919. The van der Waals surface area contributed by atoms with Gasteiger partial charge in [-0.2, -0.15) is 0 Å². The van der Waals surface area contributed by atoms with Crippen molar-refractivity contribution in [2.24, 2.45) is 0 Å². The predicted octanol–water partition coefficient (Wildman–Crippen LogP) is 5.07. The summed E-state index contributed by atoms with van der Waals surface area (Å²) in [6.07, 6.45) is 0. The normalized spacial score (nSPS) is 9.00. The van der Waals surface area contributed by atoms with E-state index >= 15 is 0 Å². The Bertz CT molecular complexity index is 22.0. The Hall–Kier alpha value is 4.26. The van der Waals surface area contributed by atoms with E-state index in [-0.39, 0.29) is 0 Å². The molecule has 0 aromatic rings. The van der Waals surface area contributed by atoms with Gasteiger partial charge in [-0.3, -0.25) is 0 Å². The average molecular weight is 671 g/mol. The summed E-state index contributed by atoms with van der Waals surface area (Å²) in [5.41, 5.74) is 0. The molecule has 0 aliphatic carbocycles. The molecule has 0 aliphatic heterocycles. The van der Waals surface area contributed by atoms with E-state index in [4.69, 9.17) is 0 Å². The Labute approximate surface area is 99.3 Å². The average Bonchev–Trinajstić information content (AvgIpc) is 1.25. The molecule has 0 N–H and O–H groups in total. The second-order valence-electron chi connectivity index (χ2n) is 0.350. The Morgan fingerprint density at radius 2 is 0.500 bits per heavy atom. The second-order valence-corrected chi connectivity index (χ2v) is 55.9. The molecular weight excluding hydrogens is 671 g/mol. The van der Waals surface area contributed by atoms with Crippen molar-refractivity contribution in [1.29, 1.82) is 0 Å². The van der Waals surface area contributed by atoms with Crippen molar-refractivity contribution in [2.45, 2.75) is 0 Å². The van der Waals surface area contributed by atoms with E-state index < -0.39 is 22.3 Å². The molecule has 0 saturated carbocycles. The van der Waals surface area contributed by atoms with E-state index in [2.05, 4.69) is 79.8 Å². The van der Waals surface area contributed by atoms with Crippen LogP contribution in [0, 0.1) is 0 Å². The van der Waals surface area contributed by atoms with Crippen LogP contribution < -0.4 is 0 Å².